The van der Waals surface area contributed by atoms with Crippen LogP contribution in [0, 0.1) is 12.7 Å². The lowest BCUT2D eigenvalue weighted by Gasteiger charge is -2.11. The molecule has 1 unspecified atom stereocenters. The average molecular weight is 336 g/mol. The van der Waals surface area contributed by atoms with Crippen LogP contribution in [0.1, 0.15) is 11.1 Å². The third-order valence-corrected chi connectivity index (χ3v) is 3.70. The van der Waals surface area contributed by atoms with Gasteiger partial charge in [-0.15, -0.1) is 0 Å². The van der Waals surface area contributed by atoms with Gasteiger partial charge in [-0.05, 0) is 37.1 Å². The van der Waals surface area contributed by atoms with Crippen LogP contribution in [0.4, 0.5) is 10.1 Å². The van der Waals surface area contributed by atoms with E-state index in [0.717, 1.165) is 11.3 Å². The molecular formula is C16H15BrFNO. The maximum Gasteiger partial charge on any atom is 0.238 e. The number of nitrogens with one attached hydrogen (secondary N) is 1. The minimum absolute atomic E-state index is 0.183. The molecule has 1 amide bonds. The van der Waals surface area contributed by atoms with Crippen LogP contribution in [0.15, 0.2) is 48.5 Å². The van der Waals surface area contributed by atoms with Crippen molar-refractivity contribution in [3.05, 3.63) is 65.5 Å². The average Bonchev–Trinajstić information content (AvgIpc) is 2.44. The molecule has 2 rings (SSSR count). The summed E-state index contributed by atoms with van der Waals surface area (Å²) in [5.41, 5.74) is 2.39. The van der Waals surface area contributed by atoms with Gasteiger partial charge in [-0.3, -0.25) is 4.79 Å². The van der Waals surface area contributed by atoms with Crippen molar-refractivity contribution in [3.8, 4) is 0 Å². The molecule has 1 N–H and O–H groups in total. The van der Waals surface area contributed by atoms with Crippen LogP contribution in [-0.4, -0.2) is 10.7 Å². The summed E-state index contributed by atoms with van der Waals surface area (Å²) in [5.74, 6) is -0.475. The highest BCUT2D eigenvalue weighted by molar-refractivity contribution is 9.10. The number of alkyl halides is 1. The lowest BCUT2D eigenvalue weighted by Crippen LogP contribution is -2.25. The molecule has 104 valence electrons. The number of carbonyl (C=O) groups excluding carboxylic acids is 1. The first kappa shape index (κ1) is 14.7. The molecule has 0 spiro atoms. The van der Waals surface area contributed by atoms with Gasteiger partial charge in [0.2, 0.25) is 5.91 Å². The Morgan fingerprint density at radius 1 is 1.20 bits per heavy atom. The molecule has 0 fully saturated rings. The van der Waals surface area contributed by atoms with E-state index in [2.05, 4.69) is 21.2 Å². The summed E-state index contributed by atoms with van der Waals surface area (Å²) in [7, 11) is 0. The molecule has 20 heavy (non-hydrogen) atoms. The molecule has 0 aliphatic heterocycles. The van der Waals surface area contributed by atoms with E-state index in [1.54, 1.807) is 18.2 Å². The number of benzene rings is 2. The van der Waals surface area contributed by atoms with Crippen LogP contribution in [0.25, 0.3) is 0 Å². The zero-order valence-electron chi connectivity index (χ0n) is 11.1. The first-order chi connectivity index (χ1) is 9.56. The Morgan fingerprint density at radius 2 is 1.85 bits per heavy atom. The normalized spacial score (nSPS) is 11.9. The van der Waals surface area contributed by atoms with Gasteiger partial charge in [0.1, 0.15) is 5.82 Å². The molecule has 0 aliphatic carbocycles. The highest BCUT2D eigenvalue weighted by Crippen LogP contribution is 2.16. The third-order valence-electron chi connectivity index (χ3n) is 2.96. The lowest BCUT2D eigenvalue weighted by molar-refractivity contribution is -0.115. The van der Waals surface area contributed by atoms with Crippen molar-refractivity contribution < 1.29 is 9.18 Å². The van der Waals surface area contributed by atoms with E-state index >= 15 is 0 Å². The molecule has 0 aromatic heterocycles. The van der Waals surface area contributed by atoms with Gasteiger partial charge in [-0.2, -0.15) is 0 Å². The van der Waals surface area contributed by atoms with Gasteiger partial charge >= 0.3 is 0 Å². The van der Waals surface area contributed by atoms with Gasteiger partial charge in [0, 0.05) is 5.69 Å². The fourth-order valence-electron chi connectivity index (χ4n) is 1.81. The SMILES string of the molecule is Cc1ccc(NC(=O)C(Br)Cc2ccccc2F)cc1. The van der Waals surface area contributed by atoms with Gasteiger partial charge in [0.05, 0.1) is 4.83 Å². The summed E-state index contributed by atoms with van der Waals surface area (Å²) in [5, 5.41) is 2.80. The minimum atomic E-state index is -0.472. The van der Waals surface area contributed by atoms with Gasteiger partial charge in [0.15, 0.2) is 0 Å². The van der Waals surface area contributed by atoms with Crippen LogP contribution >= 0.6 is 15.9 Å². The number of aryl methyl sites for hydroxylation is 1. The first-order valence-electron chi connectivity index (χ1n) is 6.31. The summed E-state index contributed by atoms with van der Waals surface area (Å²) in [6, 6.07) is 14.0. The highest BCUT2D eigenvalue weighted by Gasteiger charge is 2.17. The zero-order valence-corrected chi connectivity index (χ0v) is 12.7. The molecule has 0 radical (unpaired) electrons. The first-order valence-corrected chi connectivity index (χ1v) is 7.23. The Morgan fingerprint density at radius 3 is 2.50 bits per heavy atom. The Labute approximate surface area is 126 Å². The highest BCUT2D eigenvalue weighted by atomic mass is 79.9. The second-order valence-corrected chi connectivity index (χ2v) is 5.72. The Hall–Kier alpha value is -1.68. The van der Waals surface area contributed by atoms with E-state index < -0.39 is 4.83 Å². The van der Waals surface area contributed by atoms with E-state index in [9.17, 15) is 9.18 Å². The summed E-state index contributed by atoms with van der Waals surface area (Å²) in [4.78, 5) is 11.6. The van der Waals surface area contributed by atoms with Gasteiger partial charge < -0.3 is 5.32 Å². The van der Waals surface area contributed by atoms with Gasteiger partial charge in [-0.1, -0.05) is 51.8 Å². The molecule has 0 bridgehead atoms. The summed E-state index contributed by atoms with van der Waals surface area (Å²) < 4.78 is 13.5. The molecule has 0 heterocycles. The number of carbonyl (C=O) groups is 1. The number of rotatable bonds is 4. The van der Waals surface area contributed by atoms with Crippen LogP contribution in [0.2, 0.25) is 0 Å². The fraction of sp³-hybridized carbons (Fsp3) is 0.188. The van der Waals surface area contributed by atoms with E-state index in [1.165, 1.54) is 6.07 Å². The number of halogens is 2. The molecule has 0 saturated heterocycles. The van der Waals surface area contributed by atoms with E-state index in [-0.39, 0.29) is 11.7 Å². The maximum absolute atomic E-state index is 13.5. The van der Waals surface area contributed by atoms with Crippen molar-refractivity contribution in [2.24, 2.45) is 0 Å². The minimum Gasteiger partial charge on any atom is -0.325 e. The Kier molecular flexibility index (Phi) is 4.90. The van der Waals surface area contributed by atoms with Crippen molar-refractivity contribution >= 4 is 27.5 Å². The van der Waals surface area contributed by atoms with Crippen LogP contribution in [0.5, 0.6) is 0 Å². The second-order valence-electron chi connectivity index (χ2n) is 4.62. The van der Waals surface area contributed by atoms with Crippen LogP contribution in [0.3, 0.4) is 0 Å². The fourth-order valence-corrected chi connectivity index (χ4v) is 2.27. The molecule has 2 aromatic carbocycles. The molecule has 2 nitrogen and oxygen atoms in total. The monoisotopic (exact) mass is 335 g/mol. The predicted molar refractivity (Wildman–Crippen MR) is 82.6 cm³/mol. The largest absolute Gasteiger partial charge is 0.325 e. The Bertz CT molecular complexity index is 598. The smallest absolute Gasteiger partial charge is 0.238 e. The van der Waals surface area contributed by atoms with Crippen LogP contribution in [-0.2, 0) is 11.2 Å². The number of anilines is 1. The molecule has 2 aromatic rings. The van der Waals surface area contributed by atoms with Crippen LogP contribution < -0.4 is 5.32 Å². The standard InChI is InChI=1S/C16H15BrFNO/c1-11-6-8-13(9-7-11)19-16(20)14(17)10-12-4-2-3-5-15(12)18/h2-9,14H,10H2,1H3,(H,19,20). The maximum atomic E-state index is 13.5. The third kappa shape index (κ3) is 3.90. The van der Waals surface area contributed by atoms with Gasteiger partial charge in [-0.25, -0.2) is 4.39 Å². The number of hydrogen-bond acceptors (Lipinski definition) is 1. The molecule has 0 aliphatic rings. The molecule has 0 saturated carbocycles. The summed E-state index contributed by atoms with van der Waals surface area (Å²) >= 11 is 3.31. The van der Waals surface area contributed by atoms with E-state index in [0.29, 0.717) is 12.0 Å². The lowest BCUT2D eigenvalue weighted by atomic mass is 10.1. The van der Waals surface area contributed by atoms with E-state index in [4.69, 9.17) is 0 Å². The quantitative estimate of drug-likeness (QED) is 0.838. The van der Waals surface area contributed by atoms with Crippen molar-refractivity contribution in [1.82, 2.24) is 0 Å². The van der Waals surface area contributed by atoms with Crippen molar-refractivity contribution in [2.45, 2.75) is 18.2 Å². The molecule has 1 atom stereocenters. The number of amides is 1. The topological polar surface area (TPSA) is 29.1 Å². The van der Waals surface area contributed by atoms with Crippen molar-refractivity contribution in [1.29, 1.82) is 0 Å². The number of hydrogen-bond donors (Lipinski definition) is 1. The molecule has 4 heteroatoms. The summed E-state index contributed by atoms with van der Waals surface area (Å²) in [6.45, 7) is 1.98. The van der Waals surface area contributed by atoms with Gasteiger partial charge in [0.25, 0.3) is 0 Å². The predicted octanol–water partition coefficient (Wildman–Crippen LogP) is 4.08. The zero-order chi connectivity index (χ0) is 14.5. The second kappa shape index (κ2) is 6.66. The van der Waals surface area contributed by atoms with Crippen molar-refractivity contribution in [3.63, 3.8) is 0 Å². The van der Waals surface area contributed by atoms with E-state index in [1.807, 2.05) is 31.2 Å². The molecular weight excluding hydrogens is 321 g/mol. The summed E-state index contributed by atoms with van der Waals surface area (Å²) in [6.07, 6.45) is 0.310. The van der Waals surface area contributed by atoms with Crippen molar-refractivity contribution in [2.75, 3.05) is 5.32 Å². The Balaban J connectivity index is 1.99.